The largest absolute Gasteiger partial charge is 0.148 e. The van der Waals surface area contributed by atoms with Crippen molar-refractivity contribution in [2.24, 2.45) is 0 Å². The topological polar surface area (TPSA) is 0 Å². The molecule has 0 aliphatic rings. The van der Waals surface area contributed by atoms with E-state index < -0.39 is 15.5 Å². The van der Waals surface area contributed by atoms with Crippen molar-refractivity contribution in [3.05, 3.63) is 0 Å². The fourth-order valence-electron chi connectivity index (χ4n) is 0. The van der Waals surface area contributed by atoms with Crippen LogP contribution in [0.4, 0.5) is 0 Å². The lowest BCUT2D eigenvalue weighted by Crippen LogP contribution is -2.29. The van der Waals surface area contributed by atoms with Gasteiger partial charge in [0.1, 0.15) is 0 Å². The molecule has 0 aliphatic heterocycles. The second kappa shape index (κ2) is 5.96. The van der Waals surface area contributed by atoms with Gasteiger partial charge in [0.2, 0.25) is 0 Å². The Morgan fingerprint density at radius 2 is 0.625 bits per heavy atom. The molecule has 16 heavy (non-hydrogen) atoms. The Bertz CT molecular complexity index is 151. The molecule has 0 nitrogen and oxygen atoms in total. The summed E-state index contributed by atoms with van der Waals surface area (Å²) in [4.78, 5) is 0. The van der Waals surface area contributed by atoms with Gasteiger partial charge in [0.15, 0.2) is 0 Å². The average molecular weight is 297 g/mol. The molecule has 0 aliphatic carbocycles. The van der Waals surface area contributed by atoms with Crippen molar-refractivity contribution in [1.82, 2.24) is 0 Å². The first kappa shape index (κ1) is 19.6. The Balaban J connectivity index is 0. The van der Waals surface area contributed by atoms with Crippen LogP contribution in [-0.4, -0.2) is 15.5 Å². The summed E-state index contributed by atoms with van der Waals surface area (Å²) < 4.78 is 0. The average Bonchev–Trinajstić information content (AvgIpc) is 1.77. The Morgan fingerprint density at radius 3 is 0.625 bits per heavy atom. The minimum Gasteiger partial charge on any atom is -0.148 e. The summed E-state index contributed by atoms with van der Waals surface area (Å²) in [6.07, 6.45) is 0. The van der Waals surface area contributed by atoms with E-state index in [0.717, 1.165) is 0 Å². The van der Waals surface area contributed by atoms with Crippen molar-refractivity contribution in [3.8, 4) is 0 Å². The summed E-state index contributed by atoms with van der Waals surface area (Å²) in [6.45, 7) is 23.4. The Hall–Kier alpha value is 1.29. The van der Waals surface area contributed by atoms with Crippen molar-refractivity contribution in [3.63, 3.8) is 0 Å². The van der Waals surface area contributed by atoms with Crippen molar-refractivity contribution < 1.29 is 0 Å². The number of rotatable bonds is 0. The highest BCUT2D eigenvalue weighted by Crippen LogP contribution is 2.40. The fraction of sp³-hybridized carbons (Fsp3) is 1.00. The molecule has 0 saturated carbocycles. The highest BCUT2D eigenvalue weighted by molar-refractivity contribution is 7.69. The summed E-state index contributed by atoms with van der Waals surface area (Å²) in [5, 5.41) is 1.08. The minimum atomic E-state index is -0.942. The molecule has 2 atom stereocenters. The number of hydrogen-bond acceptors (Lipinski definition) is 0. The lowest BCUT2D eigenvalue weighted by atomic mass is 10.2. The summed E-state index contributed by atoms with van der Waals surface area (Å²) in [6, 6.07) is 0. The molecule has 0 spiro atoms. The van der Waals surface area contributed by atoms with Crippen LogP contribution in [0.15, 0.2) is 0 Å². The molecule has 2 unspecified atom stereocenters. The van der Waals surface area contributed by atoms with Gasteiger partial charge < -0.3 is 0 Å². The third-order valence-electron chi connectivity index (χ3n) is 3.87. The summed E-state index contributed by atoms with van der Waals surface area (Å²) in [5.41, 5.74) is 0. The quantitative estimate of drug-likeness (QED) is 0.395. The van der Waals surface area contributed by atoms with E-state index in [1.165, 1.54) is 0 Å². The minimum absolute atomic E-state index is 0.539. The van der Waals surface area contributed by atoms with Gasteiger partial charge in [-0.1, -0.05) is 67.7 Å². The molecule has 0 saturated heterocycles. The fourth-order valence-corrected chi connectivity index (χ4v) is 0. The molecule has 100 valence electrons. The molecular weight excluding hydrogens is 262 g/mol. The molecule has 0 amide bonds. The van der Waals surface area contributed by atoms with Gasteiger partial charge in [-0.2, -0.15) is 0 Å². The summed E-state index contributed by atoms with van der Waals surface area (Å²) in [5.74, 6) is 0. The molecule has 0 fully saturated rings. The van der Waals surface area contributed by atoms with Crippen LogP contribution in [0, 0.1) is 0 Å². The molecule has 0 rings (SSSR count). The van der Waals surface area contributed by atoms with Crippen LogP contribution in [0.5, 0.6) is 0 Å². The van der Waals surface area contributed by atoms with Crippen LogP contribution in [0.3, 0.4) is 0 Å². The summed E-state index contributed by atoms with van der Waals surface area (Å²) in [7, 11) is 4.12. The van der Waals surface area contributed by atoms with Crippen molar-refractivity contribution in [2.75, 3.05) is 0 Å². The lowest BCUT2D eigenvalue weighted by molar-refractivity contribution is 0.736. The van der Waals surface area contributed by atoms with Gasteiger partial charge in [-0.05, 0) is 10.1 Å². The second-order valence-corrected chi connectivity index (χ2v) is 26.5. The Kier molecular flexibility index (Phi) is 7.31. The molecule has 0 bridgehead atoms. The first-order valence-corrected chi connectivity index (χ1v) is 15.7. The Labute approximate surface area is 111 Å². The van der Waals surface area contributed by atoms with Crippen LogP contribution in [0.1, 0.15) is 41.5 Å². The zero-order chi connectivity index (χ0) is 14.0. The van der Waals surface area contributed by atoms with E-state index in [9.17, 15) is 0 Å². The van der Waals surface area contributed by atoms with E-state index in [1.54, 1.807) is 0 Å². The molecular formula is C12H34P2Si2. The van der Waals surface area contributed by atoms with Gasteiger partial charge in [-0.15, -0.1) is 17.6 Å². The SMILES string of the molecule is CC(C)(C)[Si](C)(C)P.CC(C)(C)[Si](C)(C)P. The molecule has 0 N–H and O–H groups in total. The second-order valence-electron chi connectivity index (χ2n) is 7.94. The standard InChI is InChI=1S/2C6H17PSi/c2*1-6(2,3)8(4,5)7/h2*7H2,1-5H3. The lowest BCUT2D eigenvalue weighted by Gasteiger charge is -2.32. The van der Waals surface area contributed by atoms with Crippen LogP contribution in [0.2, 0.25) is 36.3 Å². The van der Waals surface area contributed by atoms with Crippen molar-refractivity contribution >= 4 is 33.1 Å². The first-order valence-electron chi connectivity index (χ1n) is 6.08. The summed E-state index contributed by atoms with van der Waals surface area (Å²) >= 11 is 0. The normalized spacial score (nSPS) is 14.2. The maximum Gasteiger partial charge on any atom is 0.0737 e. The molecule has 4 heteroatoms. The van der Waals surface area contributed by atoms with Crippen molar-refractivity contribution in [2.45, 2.75) is 77.8 Å². The van der Waals surface area contributed by atoms with Gasteiger partial charge in [-0.3, -0.25) is 0 Å². The third-order valence-corrected chi connectivity index (χ3v) is 16.8. The highest BCUT2D eigenvalue weighted by Gasteiger charge is 2.30. The maximum absolute atomic E-state index is 3.00. The van der Waals surface area contributed by atoms with Crippen molar-refractivity contribution in [1.29, 1.82) is 0 Å². The van der Waals surface area contributed by atoms with Crippen LogP contribution < -0.4 is 0 Å². The maximum atomic E-state index is 3.00. The smallest absolute Gasteiger partial charge is 0.0737 e. The monoisotopic (exact) mass is 296 g/mol. The molecule has 0 aromatic carbocycles. The van der Waals surface area contributed by atoms with Gasteiger partial charge in [0.25, 0.3) is 0 Å². The predicted octanol–water partition coefficient (Wildman–Crippen LogP) is 5.73. The zero-order valence-electron chi connectivity index (χ0n) is 13.2. The molecule has 0 heterocycles. The first-order chi connectivity index (χ1) is 6.50. The predicted molar refractivity (Wildman–Crippen MR) is 93.8 cm³/mol. The van der Waals surface area contributed by atoms with E-state index in [1.807, 2.05) is 0 Å². The van der Waals surface area contributed by atoms with E-state index in [0.29, 0.717) is 10.1 Å². The zero-order valence-corrected chi connectivity index (χ0v) is 17.5. The van der Waals surface area contributed by atoms with Crippen LogP contribution in [0.25, 0.3) is 0 Å². The van der Waals surface area contributed by atoms with E-state index >= 15 is 0 Å². The van der Waals surface area contributed by atoms with Gasteiger partial charge in [0, 0.05) is 0 Å². The van der Waals surface area contributed by atoms with Gasteiger partial charge >= 0.3 is 0 Å². The molecule has 0 radical (unpaired) electrons. The van der Waals surface area contributed by atoms with E-state index in [4.69, 9.17) is 0 Å². The van der Waals surface area contributed by atoms with Crippen LogP contribution in [-0.2, 0) is 0 Å². The van der Waals surface area contributed by atoms with Gasteiger partial charge in [-0.25, -0.2) is 0 Å². The molecule has 0 aromatic rings. The Morgan fingerprint density at radius 1 is 0.562 bits per heavy atom. The van der Waals surface area contributed by atoms with E-state index in [2.05, 4.69) is 85.3 Å². The van der Waals surface area contributed by atoms with Crippen LogP contribution >= 0.6 is 17.6 Å². The van der Waals surface area contributed by atoms with Gasteiger partial charge in [0.05, 0.1) is 15.5 Å². The number of hydrogen-bond donors (Lipinski definition) is 0. The third kappa shape index (κ3) is 8.39. The van der Waals surface area contributed by atoms with E-state index in [-0.39, 0.29) is 0 Å². The molecule has 0 aromatic heterocycles. The highest BCUT2D eigenvalue weighted by atomic mass is 31.3.